The molecule has 7 N–H and O–H groups in total. The number of carboxylic acids is 1. The smallest absolute Gasteiger partial charge is 0.327 e. The molecule has 0 saturated heterocycles. The van der Waals surface area contributed by atoms with E-state index in [4.69, 9.17) is 5.73 Å². The molecule has 0 aromatic heterocycles. The zero-order valence-corrected chi connectivity index (χ0v) is 19.2. The van der Waals surface area contributed by atoms with Crippen molar-refractivity contribution in [3.8, 4) is 0 Å². The fourth-order valence-corrected chi connectivity index (χ4v) is 3.03. The van der Waals surface area contributed by atoms with Crippen LogP contribution in [0.4, 0.5) is 0 Å². The van der Waals surface area contributed by atoms with E-state index < -0.39 is 54.0 Å². The molecule has 0 aliphatic heterocycles. The van der Waals surface area contributed by atoms with Crippen molar-refractivity contribution in [1.29, 1.82) is 0 Å². The van der Waals surface area contributed by atoms with Crippen LogP contribution < -0.4 is 21.7 Å². The first kappa shape index (κ1) is 27.4. The summed E-state index contributed by atoms with van der Waals surface area (Å²) in [6, 6.07) is 4.29. The maximum atomic E-state index is 13.0. The summed E-state index contributed by atoms with van der Waals surface area (Å²) in [5.74, 6) is -3.78. The number of rotatable bonds is 12. The molecule has 32 heavy (non-hydrogen) atoms. The Kier molecular flexibility index (Phi) is 11.2. The van der Waals surface area contributed by atoms with Crippen molar-refractivity contribution in [3.05, 3.63) is 35.9 Å². The zero-order valence-electron chi connectivity index (χ0n) is 18.3. The molecule has 0 radical (unpaired) electrons. The summed E-state index contributed by atoms with van der Waals surface area (Å²) < 4.78 is 0. The third kappa shape index (κ3) is 8.48. The van der Waals surface area contributed by atoms with Crippen molar-refractivity contribution in [2.45, 2.75) is 57.5 Å². The summed E-state index contributed by atoms with van der Waals surface area (Å²) in [4.78, 5) is 49.3. The lowest BCUT2D eigenvalue weighted by atomic mass is 10.00. The van der Waals surface area contributed by atoms with Crippen molar-refractivity contribution in [2.75, 3.05) is 5.75 Å². The van der Waals surface area contributed by atoms with Gasteiger partial charge in [0, 0.05) is 12.2 Å². The van der Waals surface area contributed by atoms with E-state index in [1.54, 1.807) is 44.2 Å². The molecule has 1 rings (SSSR count). The van der Waals surface area contributed by atoms with Crippen molar-refractivity contribution >= 4 is 36.3 Å². The highest BCUT2D eigenvalue weighted by molar-refractivity contribution is 7.80. The van der Waals surface area contributed by atoms with Crippen LogP contribution in [-0.4, -0.2) is 69.9 Å². The second-order valence-electron chi connectivity index (χ2n) is 7.83. The maximum Gasteiger partial charge on any atom is 0.327 e. The first-order valence-corrected chi connectivity index (χ1v) is 10.8. The lowest BCUT2D eigenvalue weighted by Crippen LogP contribution is -2.59. The summed E-state index contributed by atoms with van der Waals surface area (Å²) in [5, 5.41) is 26.2. The number of aliphatic hydroxyl groups excluding tert-OH is 1. The monoisotopic (exact) mass is 468 g/mol. The second kappa shape index (κ2) is 13.0. The third-order valence-electron chi connectivity index (χ3n) is 4.78. The van der Waals surface area contributed by atoms with Crippen LogP contribution in [0, 0.1) is 5.92 Å². The number of thiol groups is 1. The van der Waals surface area contributed by atoms with E-state index in [2.05, 4.69) is 28.6 Å². The highest BCUT2D eigenvalue weighted by Crippen LogP contribution is 2.08. The van der Waals surface area contributed by atoms with Crippen molar-refractivity contribution < 1.29 is 29.4 Å². The lowest BCUT2D eigenvalue weighted by molar-refractivity contribution is -0.141. The molecule has 178 valence electrons. The summed E-state index contributed by atoms with van der Waals surface area (Å²) in [5.41, 5.74) is 6.38. The van der Waals surface area contributed by atoms with Crippen molar-refractivity contribution in [2.24, 2.45) is 11.7 Å². The Morgan fingerprint density at radius 1 is 0.938 bits per heavy atom. The fourth-order valence-electron chi connectivity index (χ4n) is 2.78. The van der Waals surface area contributed by atoms with Crippen LogP contribution in [-0.2, 0) is 25.6 Å². The average Bonchev–Trinajstić information content (AvgIpc) is 2.74. The van der Waals surface area contributed by atoms with Gasteiger partial charge in [-0.1, -0.05) is 44.2 Å². The first-order chi connectivity index (χ1) is 15.0. The number of nitrogens with two attached hydrogens (primary N) is 1. The molecule has 0 saturated carbocycles. The van der Waals surface area contributed by atoms with Gasteiger partial charge in [0.2, 0.25) is 17.7 Å². The quantitative estimate of drug-likeness (QED) is 0.194. The van der Waals surface area contributed by atoms with Crippen LogP contribution in [0.3, 0.4) is 0 Å². The fraction of sp³-hybridized carbons (Fsp3) is 0.524. The zero-order chi connectivity index (χ0) is 24.4. The minimum Gasteiger partial charge on any atom is -0.480 e. The topological polar surface area (TPSA) is 171 Å². The molecule has 0 fully saturated rings. The molecular formula is C21H32N4O6S. The van der Waals surface area contributed by atoms with Crippen LogP contribution in [0.5, 0.6) is 0 Å². The molecule has 5 atom stereocenters. The Bertz CT molecular complexity index is 790. The molecule has 0 spiro atoms. The Balaban J connectivity index is 3.06. The van der Waals surface area contributed by atoms with Gasteiger partial charge >= 0.3 is 5.97 Å². The van der Waals surface area contributed by atoms with Gasteiger partial charge < -0.3 is 31.9 Å². The van der Waals surface area contributed by atoms with Gasteiger partial charge in [0.05, 0.1) is 6.10 Å². The number of hydrogen-bond acceptors (Lipinski definition) is 7. The predicted molar refractivity (Wildman–Crippen MR) is 122 cm³/mol. The summed E-state index contributed by atoms with van der Waals surface area (Å²) in [7, 11) is 0. The molecule has 1 aromatic carbocycles. The number of carboxylic acid groups (broad SMARTS) is 1. The summed E-state index contributed by atoms with van der Waals surface area (Å²) >= 11 is 3.94. The molecule has 3 amide bonds. The molecule has 11 heteroatoms. The van der Waals surface area contributed by atoms with Crippen LogP contribution in [0.2, 0.25) is 0 Å². The number of aliphatic carboxylic acids is 1. The highest BCUT2D eigenvalue weighted by atomic mass is 32.1. The number of carbonyl (C=O) groups excluding carboxylic acids is 3. The van der Waals surface area contributed by atoms with Crippen LogP contribution >= 0.6 is 12.6 Å². The number of hydrogen-bond donors (Lipinski definition) is 7. The molecule has 0 aliphatic rings. The van der Waals surface area contributed by atoms with Crippen molar-refractivity contribution in [3.63, 3.8) is 0 Å². The number of nitrogens with one attached hydrogen (secondary N) is 3. The van der Waals surface area contributed by atoms with E-state index in [0.29, 0.717) is 0 Å². The molecule has 10 nitrogen and oxygen atoms in total. The SMILES string of the molecule is CC(C)C(NC(=O)C(N)C(C)O)C(=O)NC(Cc1ccccc1)C(=O)NC(CS)C(=O)O. The minimum atomic E-state index is -1.25. The van der Waals surface area contributed by atoms with E-state index in [-0.39, 0.29) is 18.1 Å². The molecule has 0 aliphatic carbocycles. The summed E-state index contributed by atoms with van der Waals surface area (Å²) in [6.45, 7) is 4.76. The van der Waals surface area contributed by atoms with Gasteiger partial charge in [-0.25, -0.2) is 4.79 Å². The Morgan fingerprint density at radius 3 is 1.97 bits per heavy atom. The van der Waals surface area contributed by atoms with Gasteiger partial charge in [0.25, 0.3) is 0 Å². The minimum absolute atomic E-state index is 0.100. The molecule has 0 bridgehead atoms. The predicted octanol–water partition coefficient (Wildman–Crippen LogP) is -0.938. The number of amides is 3. The van der Waals surface area contributed by atoms with Crippen LogP contribution in [0.1, 0.15) is 26.3 Å². The maximum absolute atomic E-state index is 13.0. The lowest BCUT2D eigenvalue weighted by Gasteiger charge is -2.27. The van der Waals surface area contributed by atoms with Crippen LogP contribution in [0.15, 0.2) is 30.3 Å². The van der Waals surface area contributed by atoms with E-state index in [1.807, 2.05) is 0 Å². The largest absolute Gasteiger partial charge is 0.480 e. The normalized spacial score (nSPS) is 15.7. The molecule has 1 aromatic rings. The average molecular weight is 469 g/mol. The van der Waals surface area contributed by atoms with Gasteiger partial charge in [-0.3, -0.25) is 14.4 Å². The summed E-state index contributed by atoms with van der Waals surface area (Å²) in [6.07, 6.45) is -1.01. The molecule has 0 heterocycles. The first-order valence-electron chi connectivity index (χ1n) is 10.2. The molecular weight excluding hydrogens is 436 g/mol. The van der Waals surface area contributed by atoms with E-state index in [9.17, 15) is 29.4 Å². The number of benzene rings is 1. The van der Waals surface area contributed by atoms with Gasteiger partial charge in [-0.2, -0.15) is 12.6 Å². The van der Waals surface area contributed by atoms with E-state index >= 15 is 0 Å². The Morgan fingerprint density at radius 2 is 1.50 bits per heavy atom. The van der Waals surface area contributed by atoms with E-state index in [1.165, 1.54) is 6.92 Å². The van der Waals surface area contributed by atoms with Gasteiger partial charge in [0.1, 0.15) is 24.2 Å². The van der Waals surface area contributed by atoms with Crippen molar-refractivity contribution in [1.82, 2.24) is 16.0 Å². The third-order valence-corrected chi connectivity index (χ3v) is 5.15. The Hall–Kier alpha value is -2.63. The van der Waals surface area contributed by atoms with Gasteiger partial charge in [-0.05, 0) is 18.4 Å². The van der Waals surface area contributed by atoms with Gasteiger partial charge in [-0.15, -0.1) is 0 Å². The Labute approximate surface area is 192 Å². The van der Waals surface area contributed by atoms with Gasteiger partial charge in [0.15, 0.2) is 0 Å². The molecule has 5 unspecified atom stereocenters. The number of aliphatic hydroxyl groups is 1. The second-order valence-corrected chi connectivity index (χ2v) is 8.19. The van der Waals surface area contributed by atoms with Crippen LogP contribution in [0.25, 0.3) is 0 Å². The standard InChI is InChI=1S/C21H32N4O6S/c1-11(2)17(25-19(28)16(22)12(3)26)20(29)23-14(9-13-7-5-4-6-8-13)18(27)24-15(10-32)21(30)31/h4-8,11-12,14-17,26,32H,9-10,22H2,1-3H3,(H,23,29)(H,24,27)(H,25,28)(H,30,31). The highest BCUT2D eigenvalue weighted by Gasteiger charge is 2.32. The number of carbonyl (C=O) groups is 4. The van der Waals surface area contributed by atoms with E-state index in [0.717, 1.165) is 5.56 Å².